The molecule has 0 atom stereocenters. The average Bonchev–Trinajstić information content (AvgIpc) is 2.62. The van der Waals surface area contributed by atoms with Crippen molar-refractivity contribution in [3.8, 4) is 0 Å². The summed E-state index contributed by atoms with van der Waals surface area (Å²) in [7, 11) is 0. The molecule has 0 radical (unpaired) electrons. The minimum atomic E-state index is -0.102. The SMILES string of the molecule is CC(C)Cn1c(SCC(=O)c2ccccc2)nc2cc(Cl)ccc2c1=O. The van der Waals surface area contributed by atoms with Gasteiger partial charge in [0.05, 0.1) is 16.7 Å². The monoisotopic (exact) mass is 386 g/mol. The Morgan fingerprint density at radius 1 is 1.19 bits per heavy atom. The van der Waals surface area contributed by atoms with E-state index in [2.05, 4.69) is 4.98 Å². The zero-order valence-electron chi connectivity index (χ0n) is 14.6. The lowest BCUT2D eigenvalue weighted by atomic mass is 10.2. The number of fused-ring (bicyclic) bond motifs is 1. The van der Waals surface area contributed by atoms with Crippen LogP contribution < -0.4 is 5.56 Å². The molecular formula is C20H19ClN2O2S. The Labute approximate surface area is 161 Å². The summed E-state index contributed by atoms with van der Waals surface area (Å²) in [5, 5.41) is 1.61. The fourth-order valence-corrected chi connectivity index (χ4v) is 3.72. The lowest BCUT2D eigenvalue weighted by Gasteiger charge is -2.14. The third-order valence-electron chi connectivity index (χ3n) is 3.86. The number of thioether (sulfide) groups is 1. The maximum Gasteiger partial charge on any atom is 0.262 e. The molecule has 0 fully saturated rings. The lowest BCUT2D eigenvalue weighted by molar-refractivity contribution is 0.102. The Balaban J connectivity index is 1.97. The van der Waals surface area contributed by atoms with E-state index in [1.165, 1.54) is 11.8 Å². The van der Waals surface area contributed by atoms with Crippen molar-refractivity contribution < 1.29 is 4.79 Å². The van der Waals surface area contributed by atoms with E-state index in [4.69, 9.17) is 11.6 Å². The first-order valence-corrected chi connectivity index (χ1v) is 9.73. The molecule has 1 aromatic heterocycles. The molecule has 6 heteroatoms. The highest BCUT2D eigenvalue weighted by Gasteiger charge is 2.15. The van der Waals surface area contributed by atoms with Crippen molar-refractivity contribution in [1.29, 1.82) is 0 Å². The Morgan fingerprint density at radius 3 is 2.62 bits per heavy atom. The van der Waals surface area contributed by atoms with Crippen LogP contribution in [0, 0.1) is 5.92 Å². The van der Waals surface area contributed by atoms with Crippen LogP contribution in [0.1, 0.15) is 24.2 Å². The smallest absolute Gasteiger partial charge is 0.262 e. The van der Waals surface area contributed by atoms with E-state index in [1.54, 1.807) is 34.9 Å². The van der Waals surface area contributed by atoms with Crippen LogP contribution in [-0.4, -0.2) is 21.1 Å². The zero-order chi connectivity index (χ0) is 18.7. The van der Waals surface area contributed by atoms with E-state index >= 15 is 0 Å². The summed E-state index contributed by atoms with van der Waals surface area (Å²) in [5.41, 5.74) is 1.11. The number of aromatic nitrogens is 2. The quantitative estimate of drug-likeness (QED) is 0.350. The minimum Gasteiger partial charge on any atom is -0.293 e. The largest absolute Gasteiger partial charge is 0.293 e. The Morgan fingerprint density at radius 2 is 1.92 bits per heavy atom. The van der Waals surface area contributed by atoms with Gasteiger partial charge >= 0.3 is 0 Å². The third-order valence-corrected chi connectivity index (χ3v) is 5.07. The van der Waals surface area contributed by atoms with Crippen molar-refractivity contribution >= 4 is 40.0 Å². The van der Waals surface area contributed by atoms with Crippen LogP contribution in [0.2, 0.25) is 5.02 Å². The molecule has 26 heavy (non-hydrogen) atoms. The third kappa shape index (κ3) is 4.17. The fourth-order valence-electron chi connectivity index (χ4n) is 2.65. The van der Waals surface area contributed by atoms with Gasteiger partial charge in [0.15, 0.2) is 10.9 Å². The van der Waals surface area contributed by atoms with Gasteiger partial charge in [0, 0.05) is 17.1 Å². The number of carbonyl (C=O) groups excluding carboxylic acids is 1. The molecule has 0 saturated carbocycles. The average molecular weight is 387 g/mol. The number of nitrogens with zero attached hydrogens (tertiary/aromatic N) is 2. The van der Waals surface area contributed by atoms with Crippen LogP contribution in [0.15, 0.2) is 58.5 Å². The van der Waals surface area contributed by atoms with Crippen LogP contribution in [-0.2, 0) is 6.54 Å². The second-order valence-corrected chi connectivity index (χ2v) is 7.82. The van der Waals surface area contributed by atoms with Gasteiger partial charge in [0.2, 0.25) is 0 Å². The number of carbonyl (C=O) groups is 1. The molecule has 2 aromatic carbocycles. The van der Waals surface area contributed by atoms with Crippen molar-refractivity contribution in [1.82, 2.24) is 9.55 Å². The highest BCUT2D eigenvalue weighted by Crippen LogP contribution is 2.22. The molecule has 0 N–H and O–H groups in total. The predicted octanol–water partition coefficient (Wildman–Crippen LogP) is 4.68. The molecule has 0 saturated heterocycles. The standard InChI is InChI=1S/C20H19ClN2O2S/c1-13(2)11-23-19(25)16-9-8-15(21)10-17(16)22-20(23)26-12-18(24)14-6-4-3-5-7-14/h3-10,13H,11-12H2,1-2H3. The number of ketones is 1. The molecule has 0 unspecified atom stereocenters. The molecule has 0 aliphatic rings. The Kier molecular flexibility index (Phi) is 5.79. The summed E-state index contributed by atoms with van der Waals surface area (Å²) in [6.45, 7) is 4.64. The summed E-state index contributed by atoms with van der Waals surface area (Å²) >= 11 is 7.33. The Hall–Kier alpha value is -2.11. The van der Waals surface area contributed by atoms with Gasteiger partial charge in [-0.15, -0.1) is 0 Å². The number of hydrogen-bond acceptors (Lipinski definition) is 4. The van der Waals surface area contributed by atoms with E-state index in [0.29, 0.717) is 33.2 Å². The van der Waals surface area contributed by atoms with Gasteiger partial charge in [-0.05, 0) is 24.1 Å². The zero-order valence-corrected chi connectivity index (χ0v) is 16.2. The number of rotatable bonds is 6. The van der Waals surface area contributed by atoms with Gasteiger partial charge in [-0.2, -0.15) is 0 Å². The summed E-state index contributed by atoms with van der Waals surface area (Å²) in [6.07, 6.45) is 0. The fraction of sp³-hybridized carbons (Fsp3) is 0.250. The minimum absolute atomic E-state index is 0.00661. The molecule has 4 nitrogen and oxygen atoms in total. The van der Waals surface area contributed by atoms with Crippen LogP contribution in [0.4, 0.5) is 0 Å². The Bertz CT molecular complexity index is 1000. The lowest BCUT2D eigenvalue weighted by Crippen LogP contribution is -2.25. The maximum absolute atomic E-state index is 12.9. The van der Waals surface area contributed by atoms with Crippen molar-refractivity contribution in [2.45, 2.75) is 25.5 Å². The van der Waals surface area contributed by atoms with Crippen molar-refractivity contribution in [3.05, 3.63) is 69.5 Å². The van der Waals surface area contributed by atoms with E-state index in [1.807, 2.05) is 32.0 Å². The maximum atomic E-state index is 12.9. The van der Waals surface area contributed by atoms with Gasteiger partial charge in [-0.1, -0.05) is 67.5 Å². The van der Waals surface area contributed by atoms with E-state index in [0.717, 1.165) is 0 Å². The van der Waals surface area contributed by atoms with Crippen LogP contribution >= 0.6 is 23.4 Å². The molecule has 0 amide bonds. The first-order chi connectivity index (χ1) is 12.5. The summed E-state index contributed by atoms with van der Waals surface area (Å²) in [5.74, 6) is 0.510. The molecule has 0 aliphatic heterocycles. The summed E-state index contributed by atoms with van der Waals surface area (Å²) < 4.78 is 1.66. The number of hydrogen-bond donors (Lipinski definition) is 0. The molecule has 3 aromatic rings. The molecule has 0 aliphatic carbocycles. The van der Waals surface area contributed by atoms with Gasteiger partial charge in [0.1, 0.15) is 0 Å². The second-order valence-electron chi connectivity index (χ2n) is 6.44. The highest BCUT2D eigenvalue weighted by molar-refractivity contribution is 7.99. The van der Waals surface area contributed by atoms with Gasteiger partial charge in [-0.25, -0.2) is 4.98 Å². The second kappa shape index (κ2) is 8.06. The molecular weight excluding hydrogens is 368 g/mol. The molecule has 0 bridgehead atoms. The van der Waals surface area contributed by atoms with E-state index < -0.39 is 0 Å². The van der Waals surface area contributed by atoms with E-state index in [9.17, 15) is 9.59 Å². The highest BCUT2D eigenvalue weighted by atomic mass is 35.5. The number of halogens is 1. The number of Topliss-reactive ketones (excluding diaryl/α,β-unsaturated/α-hetero) is 1. The molecule has 0 spiro atoms. The first kappa shape index (κ1) is 18.7. The van der Waals surface area contributed by atoms with Gasteiger partial charge in [-0.3, -0.25) is 14.2 Å². The van der Waals surface area contributed by atoms with Gasteiger partial charge in [0.25, 0.3) is 5.56 Å². The predicted molar refractivity (Wildman–Crippen MR) is 107 cm³/mol. The molecule has 3 rings (SSSR count). The van der Waals surface area contributed by atoms with Crippen LogP contribution in [0.3, 0.4) is 0 Å². The molecule has 134 valence electrons. The summed E-state index contributed by atoms with van der Waals surface area (Å²) in [6, 6.07) is 14.2. The molecule has 1 heterocycles. The van der Waals surface area contributed by atoms with E-state index in [-0.39, 0.29) is 23.0 Å². The number of benzene rings is 2. The van der Waals surface area contributed by atoms with Crippen molar-refractivity contribution in [2.75, 3.05) is 5.75 Å². The van der Waals surface area contributed by atoms with Crippen LogP contribution in [0.5, 0.6) is 0 Å². The normalized spacial score (nSPS) is 11.2. The first-order valence-electron chi connectivity index (χ1n) is 8.37. The van der Waals surface area contributed by atoms with Crippen molar-refractivity contribution in [2.24, 2.45) is 5.92 Å². The van der Waals surface area contributed by atoms with Gasteiger partial charge < -0.3 is 0 Å². The summed E-state index contributed by atoms with van der Waals surface area (Å²) in [4.78, 5) is 29.9. The van der Waals surface area contributed by atoms with Crippen molar-refractivity contribution in [3.63, 3.8) is 0 Å². The topological polar surface area (TPSA) is 52.0 Å². The van der Waals surface area contributed by atoms with Crippen LogP contribution in [0.25, 0.3) is 10.9 Å².